The summed E-state index contributed by atoms with van der Waals surface area (Å²) < 4.78 is 18.9. The second-order valence-electron chi connectivity index (χ2n) is 3.34. The Bertz CT molecular complexity index is 534. The summed E-state index contributed by atoms with van der Waals surface area (Å²) in [4.78, 5) is 3.85. The summed E-state index contributed by atoms with van der Waals surface area (Å²) in [5.74, 6) is 0.0819. The Labute approximate surface area is 103 Å². The maximum absolute atomic E-state index is 13.6. The van der Waals surface area contributed by atoms with Gasteiger partial charge in [-0.15, -0.1) is 0 Å². The topological polar surface area (TPSA) is 34.1 Å². The van der Waals surface area contributed by atoms with Crippen molar-refractivity contribution in [3.63, 3.8) is 0 Å². The molecule has 0 aliphatic rings. The molecule has 0 saturated carbocycles. The van der Waals surface area contributed by atoms with E-state index < -0.39 is 5.82 Å². The van der Waals surface area contributed by atoms with Gasteiger partial charge in [0.1, 0.15) is 5.75 Å². The number of benzene rings is 1. The van der Waals surface area contributed by atoms with Crippen molar-refractivity contribution in [3.8, 4) is 11.5 Å². The fourth-order valence-corrected chi connectivity index (χ4v) is 1.48. The van der Waals surface area contributed by atoms with Crippen molar-refractivity contribution in [1.82, 2.24) is 4.98 Å². The van der Waals surface area contributed by atoms with E-state index in [1.54, 1.807) is 25.2 Å². The average molecular weight is 253 g/mol. The Morgan fingerprint density at radius 2 is 2.12 bits per heavy atom. The molecule has 1 heterocycles. The Morgan fingerprint density at radius 1 is 1.29 bits per heavy atom. The van der Waals surface area contributed by atoms with Gasteiger partial charge in [0, 0.05) is 31.1 Å². The van der Waals surface area contributed by atoms with Crippen molar-refractivity contribution in [1.29, 1.82) is 0 Å². The molecule has 0 atom stereocenters. The van der Waals surface area contributed by atoms with E-state index in [0.717, 1.165) is 0 Å². The molecule has 2 aromatic rings. The van der Waals surface area contributed by atoms with Gasteiger partial charge in [-0.3, -0.25) is 4.98 Å². The molecule has 0 bridgehead atoms. The molecule has 0 amide bonds. The summed E-state index contributed by atoms with van der Waals surface area (Å²) in [7, 11) is 1.72. The number of aromatic nitrogens is 1. The molecule has 3 nitrogen and oxygen atoms in total. The second kappa shape index (κ2) is 5.01. The molecule has 0 saturated heterocycles. The van der Waals surface area contributed by atoms with Crippen LogP contribution < -0.4 is 10.1 Å². The van der Waals surface area contributed by atoms with Gasteiger partial charge in [-0.2, -0.15) is 0 Å². The third-order valence-electron chi connectivity index (χ3n) is 2.13. The first-order valence-corrected chi connectivity index (χ1v) is 5.32. The fourth-order valence-electron chi connectivity index (χ4n) is 1.31. The van der Waals surface area contributed by atoms with Gasteiger partial charge in [0.05, 0.1) is 11.2 Å². The van der Waals surface area contributed by atoms with Crippen molar-refractivity contribution in [2.45, 2.75) is 0 Å². The zero-order chi connectivity index (χ0) is 12.3. The summed E-state index contributed by atoms with van der Waals surface area (Å²) in [6, 6.07) is 6.19. The number of pyridine rings is 1. The number of rotatable bonds is 3. The lowest BCUT2D eigenvalue weighted by molar-refractivity contribution is 0.441. The maximum atomic E-state index is 13.6. The molecule has 1 N–H and O–H groups in total. The van der Waals surface area contributed by atoms with E-state index >= 15 is 0 Å². The van der Waals surface area contributed by atoms with E-state index in [4.69, 9.17) is 16.3 Å². The average Bonchev–Trinajstić information content (AvgIpc) is 2.32. The number of ether oxygens (including phenoxy) is 1. The molecule has 1 aromatic heterocycles. The van der Waals surface area contributed by atoms with Gasteiger partial charge >= 0.3 is 0 Å². The van der Waals surface area contributed by atoms with Crippen molar-refractivity contribution >= 4 is 17.3 Å². The predicted octanol–water partition coefficient (Wildman–Crippen LogP) is 3.71. The number of halogens is 2. The normalized spacial score (nSPS) is 10.1. The lowest BCUT2D eigenvalue weighted by Gasteiger charge is -2.08. The van der Waals surface area contributed by atoms with Crippen LogP contribution in [0.3, 0.4) is 0 Å². The van der Waals surface area contributed by atoms with Gasteiger partial charge in [0.15, 0.2) is 11.6 Å². The Balaban J connectivity index is 2.24. The van der Waals surface area contributed by atoms with Gasteiger partial charge in [-0.1, -0.05) is 11.6 Å². The van der Waals surface area contributed by atoms with Crippen LogP contribution in [-0.2, 0) is 0 Å². The molecule has 0 fully saturated rings. The van der Waals surface area contributed by atoms with Gasteiger partial charge in [0.2, 0.25) is 0 Å². The zero-order valence-corrected chi connectivity index (χ0v) is 9.83. The Hall–Kier alpha value is -1.81. The van der Waals surface area contributed by atoms with Gasteiger partial charge < -0.3 is 10.1 Å². The van der Waals surface area contributed by atoms with Crippen LogP contribution in [0.15, 0.2) is 36.7 Å². The highest BCUT2D eigenvalue weighted by Gasteiger charge is 2.06. The summed E-state index contributed by atoms with van der Waals surface area (Å²) >= 11 is 5.75. The van der Waals surface area contributed by atoms with Crippen LogP contribution in [-0.4, -0.2) is 12.0 Å². The Kier molecular flexibility index (Phi) is 3.44. The summed E-state index contributed by atoms with van der Waals surface area (Å²) in [5, 5.41) is 3.28. The molecular weight excluding hydrogens is 243 g/mol. The van der Waals surface area contributed by atoms with E-state index in [2.05, 4.69) is 10.3 Å². The minimum absolute atomic E-state index is 0.132. The SMILES string of the molecule is CNc1ccc(Oc2cncc(Cl)c2)c(F)c1. The van der Waals surface area contributed by atoms with Crippen LogP contribution in [0.5, 0.6) is 11.5 Å². The van der Waals surface area contributed by atoms with Crippen molar-refractivity contribution in [3.05, 3.63) is 47.5 Å². The molecule has 5 heteroatoms. The fraction of sp³-hybridized carbons (Fsp3) is 0.0833. The van der Waals surface area contributed by atoms with Crippen molar-refractivity contribution in [2.75, 3.05) is 12.4 Å². The highest BCUT2D eigenvalue weighted by molar-refractivity contribution is 6.30. The van der Waals surface area contributed by atoms with Crippen LogP contribution in [0.25, 0.3) is 0 Å². The van der Waals surface area contributed by atoms with Crippen LogP contribution in [0.4, 0.5) is 10.1 Å². The molecule has 1 aromatic carbocycles. The van der Waals surface area contributed by atoms with E-state index in [-0.39, 0.29) is 5.75 Å². The number of anilines is 1. The zero-order valence-electron chi connectivity index (χ0n) is 9.08. The highest BCUT2D eigenvalue weighted by atomic mass is 35.5. The van der Waals surface area contributed by atoms with Crippen LogP contribution in [0.2, 0.25) is 5.02 Å². The van der Waals surface area contributed by atoms with E-state index in [9.17, 15) is 4.39 Å². The molecule has 88 valence electrons. The number of nitrogens with zero attached hydrogens (tertiary/aromatic N) is 1. The number of hydrogen-bond acceptors (Lipinski definition) is 3. The smallest absolute Gasteiger partial charge is 0.167 e. The van der Waals surface area contributed by atoms with Crippen molar-refractivity contribution in [2.24, 2.45) is 0 Å². The first-order valence-electron chi connectivity index (χ1n) is 4.95. The number of hydrogen-bond donors (Lipinski definition) is 1. The predicted molar refractivity (Wildman–Crippen MR) is 65.3 cm³/mol. The quantitative estimate of drug-likeness (QED) is 0.904. The van der Waals surface area contributed by atoms with Gasteiger partial charge in [-0.25, -0.2) is 4.39 Å². The van der Waals surface area contributed by atoms with E-state index in [1.807, 2.05) is 0 Å². The lowest BCUT2D eigenvalue weighted by atomic mass is 10.3. The molecule has 0 radical (unpaired) electrons. The maximum Gasteiger partial charge on any atom is 0.167 e. The minimum Gasteiger partial charge on any atom is -0.453 e. The monoisotopic (exact) mass is 252 g/mol. The molecule has 2 rings (SSSR count). The van der Waals surface area contributed by atoms with Crippen LogP contribution in [0, 0.1) is 5.82 Å². The van der Waals surface area contributed by atoms with Crippen LogP contribution in [0.1, 0.15) is 0 Å². The Morgan fingerprint density at radius 3 is 2.76 bits per heavy atom. The van der Waals surface area contributed by atoms with Gasteiger partial charge in [0.25, 0.3) is 0 Å². The van der Waals surface area contributed by atoms with E-state index in [1.165, 1.54) is 18.5 Å². The lowest BCUT2D eigenvalue weighted by Crippen LogP contribution is -1.92. The van der Waals surface area contributed by atoms with Crippen molar-refractivity contribution < 1.29 is 9.13 Å². The second-order valence-corrected chi connectivity index (χ2v) is 3.77. The highest BCUT2D eigenvalue weighted by Crippen LogP contribution is 2.27. The minimum atomic E-state index is -0.447. The third-order valence-corrected chi connectivity index (χ3v) is 2.33. The molecule has 0 unspecified atom stereocenters. The summed E-state index contributed by atoms with van der Waals surface area (Å²) in [6.45, 7) is 0. The third kappa shape index (κ3) is 2.85. The summed E-state index contributed by atoms with van der Waals surface area (Å²) in [5.41, 5.74) is 0.680. The van der Waals surface area contributed by atoms with Crippen LogP contribution >= 0.6 is 11.6 Å². The largest absolute Gasteiger partial charge is 0.453 e. The molecule has 0 spiro atoms. The first-order chi connectivity index (χ1) is 8.19. The molecule has 17 heavy (non-hydrogen) atoms. The van der Waals surface area contributed by atoms with Gasteiger partial charge in [-0.05, 0) is 12.1 Å². The molecule has 0 aliphatic carbocycles. The standard InChI is InChI=1S/C12H10ClFN2O/c1-15-9-2-3-12(11(14)5-9)17-10-4-8(13)6-16-7-10/h2-7,15H,1H3. The first kappa shape index (κ1) is 11.7. The summed E-state index contributed by atoms with van der Waals surface area (Å²) in [6.07, 6.45) is 2.95. The molecule has 0 aliphatic heterocycles. The molecular formula is C12H10ClFN2O. The number of nitrogens with one attached hydrogen (secondary N) is 1. The van der Waals surface area contributed by atoms with E-state index in [0.29, 0.717) is 16.5 Å².